The molecule has 7 nitrogen and oxygen atoms in total. The molecule has 1 amide bonds. The number of rotatable bonds is 6. The Morgan fingerprint density at radius 1 is 1.33 bits per heavy atom. The third-order valence-corrected chi connectivity index (χ3v) is 3.90. The van der Waals surface area contributed by atoms with Gasteiger partial charge in [-0.25, -0.2) is 4.98 Å². The fourth-order valence-electron chi connectivity index (χ4n) is 2.64. The Kier molecular flexibility index (Phi) is 4.43. The normalized spacial score (nSPS) is 12.4. The van der Waals surface area contributed by atoms with Gasteiger partial charge in [0, 0.05) is 0 Å². The second-order valence-electron chi connectivity index (χ2n) is 5.65. The average Bonchev–Trinajstić information content (AvgIpc) is 3.10. The predicted octanol–water partition coefficient (Wildman–Crippen LogP) is 0.299. The van der Waals surface area contributed by atoms with Gasteiger partial charge >= 0.3 is 0 Å². The van der Waals surface area contributed by atoms with Crippen LogP contribution in [-0.2, 0) is 17.9 Å². The molecule has 0 saturated carbocycles. The number of hydrogen-bond donors (Lipinski definition) is 2. The SMILES string of the molecule is C[C@@H]([NH2+]Cc1nc2ccccc2c(=O)n1CC(N)=O)c1ccco1. The number of quaternary nitrogens is 1. The van der Waals surface area contributed by atoms with Crippen molar-refractivity contribution in [1.29, 1.82) is 0 Å². The Bertz CT molecular complexity index is 915. The van der Waals surface area contributed by atoms with Crippen LogP contribution in [0.3, 0.4) is 0 Å². The van der Waals surface area contributed by atoms with Crippen LogP contribution in [0.25, 0.3) is 10.9 Å². The van der Waals surface area contributed by atoms with Gasteiger partial charge in [0.1, 0.15) is 19.1 Å². The lowest BCUT2D eigenvalue weighted by atomic mass is 10.2. The molecule has 0 fully saturated rings. The highest BCUT2D eigenvalue weighted by molar-refractivity contribution is 5.78. The fourth-order valence-corrected chi connectivity index (χ4v) is 2.64. The van der Waals surface area contributed by atoms with Gasteiger partial charge < -0.3 is 15.5 Å². The Morgan fingerprint density at radius 2 is 2.12 bits per heavy atom. The van der Waals surface area contributed by atoms with Crippen molar-refractivity contribution in [1.82, 2.24) is 9.55 Å². The van der Waals surface area contributed by atoms with E-state index in [1.54, 1.807) is 24.5 Å². The quantitative estimate of drug-likeness (QED) is 0.679. The number of primary amides is 1. The molecule has 2 aromatic heterocycles. The maximum Gasteiger partial charge on any atom is 0.262 e. The minimum atomic E-state index is -0.575. The van der Waals surface area contributed by atoms with Crippen molar-refractivity contribution in [3.05, 3.63) is 64.6 Å². The van der Waals surface area contributed by atoms with E-state index in [9.17, 15) is 9.59 Å². The van der Waals surface area contributed by atoms with Crippen LogP contribution in [0.5, 0.6) is 0 Å². The number of benzene rings is 1. The number of amides is 1. The van der Waals surface area contributed by atoms with E-state index < -0.39 is 5.91 Å². The number of aromatic nitrogens is 2. The zero-order valence-electron chi connectivity index (χ0n) is 13.3. The molecule has 7 heteroatoms. The van der Waals surface area contributed by atoms with Crippen LogP contribution in [0.2, 0.25) is 0 Å². The standard InChI is InChI=1S/C17H18N4O3/c1-11(14-7-4-8-24-14)19-9-16-20-13-6-3-2-5-12(13)17(23)21(16)10-15(18)22/h2-8,11,19H,9-10H2,1H3,(H2,18,22)/p+1/t11-/m1/s1. The third kappa shape index (κ3) is 3.21. The lowest BCUT2D eigenvalue weighted by Gasteiger charge is -2.13. The van der Waals surface area contributed by atoms with Gasteiger partial charge in [0.2, 0.25) is 5.91 Å². The zero-order valence-corrected chi connectivity index (χ0v) is 13.3. The number of nitrogens with zero attached hydrogens (tertiary/aromatic N) is 2. The van der Waals surface area contributed by atoms with Crippen molar-refractivity contribution in [3.63, 3.8) is 0 Å². The van der Waals surface area contributed by atoms with E-state index in [0.29, 0.717) is 23.3 Å². The van der Waals surface area contributed by atoms with Crippen molar-refractivity contribution >= 4 is 16.8 Å². The third-order valence-electron chi connectivity index (χ3n) is 3.90. The molecule has 1 atom stereocenters. The molecule has 0 aliphatic heterocycles. The molecule has 0 radical (unpaired) electrons. The molecule has 2 heterocycles. The summed E-state index contributed by atoms with van der Waals surface area (Å²) in [7, 11) is 0. The number of nitrogens with two attached hydrogens (primary N) is 2. The van der Waals surface area contributed by atoms with Gasteiger partial charge in [-0.1, -0.05) is 12.1 Å². The number of para-hydroxylation sites is 1. The smallest absolute Gasteiger partial charge is 0.262 e. The van der Waals surface area contributed by atoms with Crippen LogP contribution in [-0.4, -0.2) is 15.5 Å². The number of carbonyl (C=O) groups is 1. The lowest BCUT2D eigenvalue weighted by molar-refractivity contribution is -0.710. The minimum Gasteiger partial charge on any atom is -0.463 e. The summed E-state index contributed by atoms with van der Waals surface area (Å²) in [6, 6.07) is 10.9. The zero-order chi connectivity index (χ0) is 17.1. The van der Waals surface area contributed by atoms with Crippen molar-refractivity contribution in [2.45, 2.75) is 26.1 Å². The molecule has 4 N–H and O–H groups in total. The second-order valence-corrected chi connectivity index (χ2v) is 5.65. The first-order valence-electron chi connectivity index (χ1n) is 7.69. The van der Waals surface area contributed by atoms with Crippen LogP contribution in [0, 0.1) is 0 Å². The minimum absolute atomic E-state index is 0.0606. The predicted molar refractivity (Wildman–Crippen MR) is 87.9 cm³/mol. The van der Waals surface area contributed by atoms with E-state index in [-0.39, 0.29) is 18.1 Å². The fraction of sp³-hybridized carbons (Fsp3) is 0.235. The van der Waals surface area contributed by atoms with Gasteiger partial charge in [0.15, 0.2) is 11.6 Å². The van der Waals surface area contributed by atoms with Crippen molar-refractivity contribution in [2.75, 3.05) is 0 Å². The molecule has 0 spiro atoms. The summed E-state index contributed by atoms with van der Waals surface area (Å²) in [5.41, 5.74) is 5.64. The molecule has 3 rings (SSSR count). The van der Waals surface area contributed by atoms with Gasteiger partial charge in [0.05, 0.1) is 17.2 Å². The monoisotopic (exact) mass is 327 g/mol. The van der Waals surface area contributed by atoms with E-state index >= 15 is 0 Å². The number of fused-ring (bicyclic) bond motifs is 1. The van der Waals surface area contributed by atoms with Gasteiger partial charge in [0.25, 0.3) is 5.56 Å². The Hall–Kier alpha value is -2.93. The maximum absolute atomic E-state index is 12.6. The summed E-state index contributed by atoms with van der Waals surface area (Å²) in [6.07, 6.45) is 1.62. The highest BCUT2D eigenvalue weighted by atomic mass is 16.3. The molecule has 0 bridgehead atoms. The molecular weight excluding hydrogens is 308 g/mol. The molecule has 3 aromatic rings. The molecule has 1 aromatic carbocycles. The summed E-state index contributed by atoms with van der Waals surface area (Å²) >= 11 is 0. The first kappa shape index (κ1) is 15.9. The Labute approximate surface area is 138 Å². The summed E-state index contributed by atoms with van der Waals surface area (Å²) in [5.74, 6) is 0.769. The van der Waals surface area contributed by atoms with E-state index in [4.69, 9.17) is 10.2 Å². The van der Waals surface area contributed by atoms with E-state index in [1.165, 1.54) is 4.57 Å². The molecule has 24 heavy (non-hydrogen) atoms. The molecular formula is C17H19N4O3+. The van der Waals surface area contributed by atoms with Gasteiger partial charge in [-0.05, 0) is 31.2 Å². The van der Waals surface area contributed by atoms with E-state index in [1.807, 2.05) is 30.4 Å². The first-order valence-corrected chi connectivity index (χ1v) is 7.69. The van der Waals surface area contributed by atoms with Crippen molar-refractivity contribution in [2.24, 2.45) is 5.73 Å². The Balaban J connectivity index is 1.95. The van der Waals surface area contributed by atoms with Crippen LogP contribution in [0.4, 0.5) is 0 Å². The molecule has 0 unspecified atom stereocenters. The van der Waals surface area contributed by atoms with Crippen LogP contribution >= 0.6 is 0 Å². The highest BCUT2D eigenvalue weighted by Crippen LogP contribution is 2.09. The van der Waals surface area contributed by atoms with Crippen molar-refractivity contribution < 1.29 is 14.5 Å². The van der Waals surface area contributed by atoms with Crippen LogP contribution < -0.4 is 16.6 Å². The summed E-state index contributed by atoms with van der Waals surface area (Å²) < 4.78 is 6.72. The number of carbonyl (C=O) groups excluding carboxylic acids is 1. The van der Waals surface area contributed by atoms with Gasteiger partial charge in [-0.2, -0.15) is 0 Å². The van der Waals surface area contributed by atoms with Crippen LogP contribution in [0.1, 0.15) is 24.6 Å². The second kappa shape index (κ2) is 6.67. The maximum atomic E-state index is 12.6. The Morgan fingerprint density at radius 3 is 2.83 bits per heavy atom. The van der Waals surface area contributed by atoms with E-state index in [0.717, 1.165) is 5.76 Å². The topological polar surface area (TPSA) is 108 Å². The number of furan rings is 1. The summed E-state index contributed by atoms with van der Waals surface area (Å²) in [4.78, 5) is 28.5. The average molecular weight is 327 g/mol. The molecule has 124 valence electrons. The summed E-state index contributed by atoms with van der Waals surface area (Å²) in [5, 5.41) is 2.47. The van der Waals surface area contributed by atoms with Crippen LogP contribution in [0.15, 0.2) is 51.9 Å². The van der Waals surface area contributed by atoms with Gasteiger partial charge in [-0.3, -0.25) is 14.2 Å². The molecule has 0 aliphatic carbocycles. The first-order chi connectivity index (χ1) is 11.6. The summed E-state index contributed by atoms with van der Waals surface area (Å²) in [6.45, 7) is 2.24. The molecule has 0 aliphatic rings. The number of hydrogen-bond acceptors (Lipinski definition) is 4. The van der Waals surface area contributed by atoms with E-state index in [2.05, 4.69) is 4.98 Å². The van der Waals surface area contributed by atoms with Gasteiger partial charge in [-0.15, -0.1) is 0 Å². The largest absolute Gasteiger partial charge is 0.463 e. The highest BCUT2D eigenvalue weighted by Gasteiger charge is 2.17. The lowest BCUT2D eigenvalue weighted by Crippen LogP contribution is -2.83. The van der Waals surface area contributed by atoms with Crippen molar-refractivity contribution in [3.8, 4) is 0 Å². The molecule has 0 saturated heterocycles.